The van der Waals surface area contributed by atoms with E-state index in [9.17, 15) is 18.0 Å². The quantitative estimate of drug-likeness (QED) is 0.211. The molecule has 2 unspecified atom stereocenters. The predicted molar refractivity (Wildman–Crippen MR) is 158 cm³/mol. The largest absolute Gasteiger partial charge is 0.493 e. The molecule has 1 aliphatic rings. The van der Waals surface area contributed by atoms with Crippen LogP contribution in [-0.4, -0.2) is 74.1 Å². The van der Waals surface area contributed by atoms with Crippen molar-refractivity contribution in [1.82, 2.24) is 14.9 Å². The van der Waals surface area contributed by atoms with Gasteiger partial charge in [0.1, 0.15) is 5.25 Å². The van der Waals surface area contributed by atoms with Gasteiger partial charge in [0.15, 0.2) is 21.3 Å². The van der Waals surface area contributed by atoms with Crippen molar-refractivity contribution in [3.05, 3.63) is 77.9 Å². The average molecular weight is 596 g/mol. The number of likely N-dealkylation sites (tertiary alicyclic amines) is 1. The van der Waals surface area contributed by atoms with E-state index in [1.807, 2.05) is 19.1 Å². The molecule has 0 N–H and O–H groups in total. The fourth-order valence-corrected chi connectivity index (χ4v) is 8.28. The summed E-state index contributed by atoms with van der Waals surface area (Å²) >= 11 is 0. The first-order valence-electron chi connectivity index (χ1n) is 13.9. The fraction of sp³-hybridized carbons (Fsp3) is 0.419. The van der Waals surface area contributed by atoms with Gasteiger partial charge in [0, 0.05) is 36.9 Å². The molecule has 2 aromatic heterocycles. The first-order valence-corrected chi connectivity index (χ1v) is 15.5. The Bertz CT molecular complexity index is 1460. The molecule has 3 heterocycles. The number of hydrogen-bond acceptors (Lipinski definition) is 9. The number of carbonyl (C=O) groups is 2. The summed E-state index contributed by atoms with van der Waals surface area (Å²) in [5.41, 5.74) is 1.62. The Morgan fingerprint density at radius 2 is 1.55 bits per heavy atom. The zero-order chi connectivity index (χ0) is 30.3. The van der Waals surface area contributed by atoms with Gasteiger partial charge < -0.3 is 19.1 Å². The monoisotopic (exact) mass is 595 g/mol. The van der Waals surface area contributed by atoms with Crippen molar-refractivity contribution in [2.24, 2.45) is 0 Å². The maximum Gasteiger partial charge on any atom is 0.295 e. The van der Waals surface area contributed by atoms with Crippen molar-refractivity contribution in [2.75, 3.05) is 27.9 Å². The normalized spacial score (nSPS) is 16.5. The number of sulfone groups is 1. The fourth-order valence-electron chi connectivity index (χ4n) is 5.69. The molecule has 0 spiro atoms. The smallest absolute Gasteiger partial charge is 0.295 e. The molecule has 4 rings (SSSR count). The summed E-state index contributed by atoms with van der Waals surface area (Å²) in [6, 6.07) is 9.26. The maximum absolute atomic E-state index is 14.4. The summed E-state index contributed by atoms with van der Waals surface area (Å²) in [5.74, 6) is -0.779. The zero-order valence-electron chi connectivity index (χ0n) is 24.4. The summed E-state index contributed by atoms with van der Waals surface area (Å²) in [6.07, 6.45) is 8.93. The summed E-state index contributed by atoms with van der Waals surface area (Å²) in [7, 11) is 0.481. The molecule has 11 heteroatoms. The molecule has 1 fully saturated rings. The van der Waals surface area contributed by atoms with E-state index in [2.05, 4.69) is 9.97 Å². The van der Waals surface area contributed by atoms with Gasteiger partial charge in [-0.2, -0.15) is 0 Å². The molecule has 10 nitrogen and oxygen atoms in total. The Kier molecular flexibility index (Phi) is 10.2. The average Bonchev–Trinajstić information content (AvgIpc) is 3.49. The van der Waals surface area contributed by atoms with Gasteiger partial charge in [-0.3, -0.25) is 19.6 Å². The highest BCUT2D eigenvalue weighted by Crippen LogP contribution is 2.41. The Balaban J connectivity index is 1.68. The number of hydrogen-bond donors (Lipinski definition) is 0. The lowest BCUT2D eigenvalue weighted by atomic mass is 10.0. The number of aryl methyl sites for hydroxylation is 1. The van der Waals surface area contributed by atoms with Crippen molar-refractivity contribution in [2.45, 2.75) is 55.6 Å². The Labute approximate surface area is 247 Å². The van der Waals surface area contributed by atoms with E-state index in [1.54, 1.807) is 36.9 Å². The molecule has 1 aromatic carbocycles. The highest BCUT2D eigenvalue weighted by molar-refractivity contribution is 7.92. The molecule has 3 atom stereocenters. The second kappa shape index (κ2) is 13.8. The van der Waals surface area contributed by atoms with Crippen LogP contribution in [0.3, 0.4) is 0 Å². The van der Waals surface area contributed by atoms with Crippen molar-refractivity contribution in [1.29, 1.82) is 0 Å². The summed E-state index contributed by atoms with van der Waals surface area (Å²) < 4.78 is 44.9. The van der Waals surface area contributed by atoms with E-state index in [0.29, 0.717) is 43.4 Å². The molecule has 3 aromatic rings. The number of rotatable bonds is 13. The van der Waals surface area contributed by atoms with Crippen LogP contribution in [0.15, 0.2) is 61.2 Å². The number of Topliss-reactive ketones (excluding diaryl/α,β-unsaturated/α-hetero) is 1. The molecule has 1 saturated heterocycles. The van der Waals surface area contributed by atoms with Crippen LogP contribution in [0.25, 0.3) is 0 Å². The highest BCUT2D eigenvalue weighted by atomic mass is 32.2. The van der Waals surface area contributed by atoms with Gasteiger partial charge in [-0.25, -0.2) is 8.42 Å². The lowest BCUT2D eigenvalue weighted by molar-refractivity contribution is -0.127. The standard InChI is InChI=1S/C31H37N3O7S/c1-5-24(9-8-21-10-14-32-15-11-21)42(37,38)30(22-12-16-33-17-13-22)25-7-6-18-34(25)31(36)28(35)23-19-26(39-2)29(41-4)27(20-23)40-3/h10-17,19-20,24-25,30H,5-9,18H2,1-4H3/t24?,25-,30?/m0/s1. The molecular formula is C31H37N3O7S. The van der Waals surface area contributed by atoms with Crippen molar-refractivity contribution in [3.8, 4) is 17.2 Å². The molecule has 224 valence electrons. The number of amides is 1. The second-order valence-corrected chi connectivity index (χ2v) is 12.5. The Morgan fingerprint density at radius 3 is 2.10 bits per heavy atom. The SMILES string of the molecule is CCC(CCc1ccncc1)S(=O)(=O)C(c1ccncc1)[C@@H]1CCCN1C(=O)C(=O)c1cc(OC)c(OC)c(OC)c1. The number of carbonyl (C=O) groups excluding carboxylic acids is 2. The van der Waals surface area contributed by atoms with Crippen LogP contribution in [0.1, 0.15) is 59.3 Å². The van der Waals surface area contributed by atoms with Crippen molar-refractivity contribution < 1.29 is 32.2 Å². The molecule has 0 aliphatic carbocycles. The predicted octanol–water partition coefficient (Wildman–Crippen LogP) is 4.24. The van der Waals surface area contributed by atoms with Crippen LogP contribution in [0, 0.1) is 0 Å². The van der Waals surface area contributed by atoms with Crippen LogP contribution in [0.5, 0.6) is 17.2 Å². The minimum absolute atomic E-state index is 0.0623. The minimum atomic E-state index is -3.81. The van der Waals surface area contributed by atoms with Gasteiger partial charge in [0.05, 0.1) is 32.6 Å². The van der Waals surface area contributed by atoms with E-state index in [0.717, 1.165) is 5.56 Å². The maximum atomic E-state index is 14.4. The van der Waals surface area contributed by atoms with Gasteiger partial charge >= 0.3 is 0 Å². The van der Waals surface area contributed by atoms with Gasteiger partial charge in [0.2, 0.25) is 5.75 Å². The van der Waals surface area contributed by atoms with E-state index in [4.69, 9.17) is 14.2 Å². The lowest BCUT2D eigenvalue weighted by Crippen LogP contribution is -2.46. The van der Waals surface area contributed by atoms with Crippen molar-refractivity contribution in [3.63, 3.8) is 0 Å². The summed E-state index contributed by atoms with van der Waals surface area (Å²) in [4.78, 5) is 36.9. The molecule has 1 amide bonds. The van der Waals surface area contributed by atoms with Crippen LogP contribution < -0.4 is 14.2 Å². The Morgan fingerprint density at radius 1 is 0.952 bits per heavy atom. The number of nitrogens with zero attached hydrogens (tertiary/aromatic N) is 3. The third-order valence-electron chi connectivity index (χ3n) is 7.84. The van der Waals surface area contributed by atoms with Crippen LogP contribution in [0.2, 0.25) is 0 Å². The molecule has 1 aliphatic heterocycles. The first kappa shape index (κ1) is 31.0. The zero-order valence-corrected chi connectivity index (χ0v) is 25.2. The van der Waals surface area contributed by atoms with Gasteiger partial charge in [-0.1, -0.05) is 6.92 Å². The topological polar surface area (TPSA) is 125 Å². The van der Waals surface area contributed by atoms with E-state index in [-0.39, 0.29) is 23.6 Å². The second-order valence-electron chi connectivity index (χ2n) is 10.2. The lowest BCUT2D eigenvalue weighted by Gasteiger charge is -2.34. The van der Waals surface area contributed by atoms with Crippen LogP contribution >= 0.6 is 0 Å². The number of ether oxygens (including phenoxy) is 3. The van der Waals surface area contributed by atoms with Gasteiger partial charge in [-0.15, -0.1) is 0 Å². The Hall–Kier alpha value is -3.99. The van der Waals surface area contributed by atoms with Crippen LogP contribution in [-0.2, 0) is 21.1 Å². The summed E-state index contributed by atoms with van der Waals surface area (Å²) in [5, 5.41) is -1.66. The van der Waals surface area contributed by atoms with Gasteiger partial charge in [-0.05, 0) is 79.6 Å². The molecule has 0 radical (unpaired) electrons. The number of aromatic nitrogens is 2. The van der Waals surface area contributed by atoms with E-state index >= 15 is 0 Å². The third kappa shape index (κ3) is 6.41. The molecule has 0 bridgehead atoms. The molecule has 42 heavy (non-hydrogen) atoms. The highest BCUT2D eigenvalue weighted by Gasteiger charge is 2.46. The first-order chi connectivity index (χ1) is 20.3. The third-order valence-corrected chi connectivity index (χ3v) is 10.6. The number of pyridine rings is 2. The van der Waals surface area contributed by atoms with Gasteiger partial charge in [0.25, 0.3) is 11.7 Å². The van der Waals surface area contributed by atoms with E-state index < -0.39 is 38.1 Å². The van der Waals surface area contributed by atoms with Crippen molar-refractivity contribution >= 4 is 21.5 Å². The number of benzene rings is 1. The summed E-state index contributed by atoms with van der Waals surface area (Å²) in [6.45, 7) is 2.13. The number of ketones is 1. The number of methoxy groups -OCH3 is 3. The molecular weight excluding hydrogens is 558 g/mol. The molecule has 0 saturated carbocycles. The minimum Gasteiger partial charge on any atom is -0.493 e. The van der Waals surface area contributed by atoms with E-state index in [1.165, 1.54) is 38.4 Å². The van der Waals surface area contributed by atoms with Crippen LogP contribution in [0.4, 0.5) is 0 Å².